The van der Waals surface area contributed by atoms with E-state index in [9.17, 15) is 9.18 Å². The molecule has 3 nitrogen and oxygen atoms in total. The van der Waals surface area contributed by atoms with Gasteiger partial charge in [0.1, 0.15) is 5.82 Å². The van der Waals surface area contributed by atoms with Gasteiger partial charge in [-0.1, -0.05) is 32.0 Å². The Balaban J connectivity index is 2.48. The van der Waals surface area contributed by atoms with E-state index in [4.69, 9.17) is 0 Å². The van der Waals surface area contributed by atoms with Gasteiger partial charge in [-0.05, 0) is 35.7 Å². The summed E-state index contributed by atoms with van der Waals surface area (Å²) in [5, 5.41) is 0. The van der Waals surface area contributed by atoms with Gasteiger partial charge < -0.3 is 4.90 Å². The highest BCUT2D eigenvalue weighted by atomic mass is 19.1. The number of hydrogen-bond donors (Lipinski definition) is 0. The minimum absolute atomic E-state index is 0.0834. The maximum atomic E-state index is 13.2. The van der Waals surface area contributed by atoms with Crippen molar-refractivity contribution in [2.24, 2.45) is 0 Å². The fourth-order valence-electron chi connectivity index (χ4n) is 2.58. The van der Waals surface area contributed by atoms with Crippen LogP contribution in [0, 0.1) is 5.82 Å². The second-order valence-corrected chi connectivity index (χ2v) is 5.18. The van der Waals surface area contributed by atoms with Crippen molar-refractivity contribution in [3.63, 3.8) is 0 Å². The zero-order valence-electron chi connectivity index (χ0n) is 13.0. The van der Waals surface area contributed by atoms with Gasteiger partial charge in [0.05, 0.1) is 6.04 Å². The molecule has 1 aromatic heterocycles. The number of carbonyl (C=O) groups is 1. The highest BCUT2D eigenvalue weighted by Gasteiger charge is 2.25. The molecule has 2 aromatic rings. The molecule has 1 amide bonds. The minimum Gasteiger partial charge on any atom is -0.332 e. The van der Waals surface area contributed by atoms with Gasteiger partial charge in [0, 0.05) is 25.4 Å². The normalized spacial score (nSPS) is 12.0. The lowest BCUT2D eigenvalue weighted by Crippen LogP contribution is -2.35. The van der Waals surface area contributed by atoms with Gasteiger partial charge >= 0.3 is 0 Å². The van der Waals surface area contributed by atoms with Gasteiger partial charge in [-0.25, -0.2) is 4.39 Å². The molecule has 0 aliphatic rings. The summed E-state index contributed by atoms with van der Waals surface area (Å²) in [6.07, 6.45) is 4.78. The molecular weight excluding hydrogens is 279 g/mol. The van der Waals surface area contributed by atoms with Gasteiger partial charge in [0.15, 0.2) is 0 Å². The summed E-state index contributed by atoms with van der Waals surface area (Å²) in [4.78, 5) is 18.4. The number of halogens is 1. The maximum absolute atomic E-state index is 13.2. The number of amides is 1. The molecule has 0 spiro atoms. The molecule has 0 radical (unpaired) electrons. The number of benzene rings is 1. The van der Waals surface area contributed by atoms with E-state index < -0.39 is 0 Å². The van der Waals surface area contributed by atoms with Crippen LogP contribution in [0.25, 0.3) is 0 Å². The van der Waals surface area contributed by atoms with Crippen LogP contribution >= 0.6 is 0 Å². The van der Waals surface area contributed by atoms with Gasteiger partial charge in [-0.15, -0.1) is 0 Å². The molecule has 0 bridgehead atoms. The Hall–Kier alpha value is -2.23. The quantitative estimate of drug-likeness (QED) is 0.809. The minimum atomic E-state index is -0.280. The fraction of sp³-hybridized carbons (Fsp3) is 0.333. The molecular formula is C18H21FN2O. The van der Waals surface area contributed by atoms with Crippen LogP contribution in [-0.4, -0.2) is 22.3 Å². The molecule has 0 saturated carbocycles. The molecule has 22 heavy (non-hydrogen) atoms. The van der Waals surface area contributed by atoms with E-state index in [1.165, 1.54) is 12.1 Å². The lowest BCUT2D eigenvalue weighted by molar-refractivity contribution is -0.132. The third kappa shape index (κ3) is 3.70. The van der Waals surface area contributed by atoms with E-state index in [1.54, 1.807) is 24.5 Å². The Morgan fingerprint density at radius 2 is 1.91 bits per heavy atom. The first-order valence-electron chi connectivity index (χ1n) is 7.62. The van der Waals surface area contributed by atoms with Crippen molar-refractivity contribution < 1.29 is 9.18 Å². The third-order valence-corrected chi connectivity index (χ3v) is 3.58. The Kier molecular flexibility index (Phi) is 5.64. The van der Waals surface area contributed by atoms with Crippen LogP contribution in [0.15, 0.2) is 48.8 Å². The molecule has 0 fully saturated rings. The summed E-state index contributed by atoms with van der Waals surface area (Å²) in [5.74, 6) is -0.197. The molecule has 116 valence electrons. The summed E-state index contributed by atoms with van der Waals surface area (Å²) < 4.78 is 13.2. The average molecular weight is 300 g/mol. The Morgan fingerprint density at radius 1 is 1.18 bits per heavy atom. The lowest BCUT2D eigenvalue weighted by Gasteiger charge is -2.32. The third-order valence-electron chi connectivity index (χ3n) is 3.58. The second-order valence-electron chi connectivity index (χ2n) is 5.18. The van der Waals surface area contributed by atoms with Gasteiger partial charge in [-0.3, -0.25) is 9.78 Å². The SMILES string of the molecule is CCCN(C(=O)CC)[C@H](c1ccc(F)cc1)c1cccnc1. The van der Waals surface area contributed by atoms with Gasteiger partial charge in [-0.2, -0.15) is 0 Å². The molecule has 0 N–H and O–H groups in total. The van der Waals surface area contributed by atoms with E-state index >= 15 is 0 Å². The molecule has 0 aliphatic heterocycles. The zero-order valence-corrected chi connectivity index (χ0v) is 13.0. The first-order valence-corrected chi connectivity index (χ1v) is 7.62. The lowest BCUT2D eigenvalue weighted by atomic mass is 9.97. The summed E-state index contributed by atoms with van der Waals surface area (Å²) in [6, 6.07) is 9.90. The Morgan fingerprint density at radius 3 is 2.45 bits per heavy atom. The number of aromatic nitrogens is 1. The summed E-state index contributed by atoms with van der Waals surface area (Å²) in [5.41, 5.74) is 1.83. The van der Waals surface area contributed by atoms with Crippen molar-refractivity contribution in [2.75, 3.05) is 6.54 Å². The first-order chi connectivity index (χ1) is 10.7. The predicted molar refractivity (Wildman–Crippen MR) is 84.8 cm³/mol. The van der Waals surface area contributed by atoms with E-state index in [0.717, 1.165) is 17.5 Å². The van der Waals surface area contributed by atoms with E-state index in [-0.39, 0.29) is 17.8 Å². The summed E-state index contributed by atoms with van der Waals surface area (Å²) in [6.45, 7) is 4.56. The highest BCUT2D eigenvalue weighted by Crippen LogP contribution is 2.29. The number of carbonyl (C=O) groups excluding carboxylic acids is 1. The number of pyridine rings is 1. The smallest absolute Gasteiger partial charge is 0.223 e. The molecule has 4 heteroatoms. The van der Waals surface area contributed by atoms with Gasteiger partial charge in [0.25, 0.3) is 0 Å². The van der Waals surface area contributed by atoms with E-state index in [2.05, 4.69) is 4.98 Å². The molecule has 2 rings (SSSR count). The first kappa shape index (κ1) is 16.1. The van der Waals surface area contributed by atoms with Gasteiger partial charge in [0.2, 0.25) is 5.91 Å². The predicted octanol–water partition coefficient (Wildman–Crippen LogP) is 3.96. The Bertz CT molecular complexity index is 598. The van der Waals surface area contributed by atoms with Crippen LogP contribution in [0.1, 0.15) is 43.9 Å². The molecule has 1 heterocycles. The molecule has 1 aromatic carbocycles. The van der Waals surface area contributed by atoms with Crippen LogP contribution in [-0.2, 0) is 4.79 Å². The number of rotatable bonds is 6. The summed E-state index contributed by atoms with van der Waals surface area (Å²) in [7, 11) is 0. The fourth-order valence-corrected chi connectivity index (χ4v) is 2.58. The highest BCUT2D eigenvalue weighted by molar-refractivity contribution is 5.77. The van der Waals surface area contributed by atoms with Crippen LogP contribution in [0.5, 0.6) is 0 Å². The van der Waals surface area contributed by atoms with Crippen LogP contribution in [0.4, 0.5) is 4.39 Å². The molecule has 1 atom stereocenters. The monoisotopic (exact) mass is 300 g/mol. The topological polar surface area (TPSA) is 33.2 Å². The average Bonchev–Trinajstić information content (AvgIpc) is 2.56. The van der Waals surface area contributed by atoms with Crippen LogP contribution in [0.3, 0.4) is 0 Å². The van der Waals surface area contributed by atoms with Crippen molar-refractivity contribution in [1.82, 2.24) is 9.88 Å². The zero-order chi connectivity index (χ0) is 15.9. The summed E-state index contributed by atoms with van der Waals surface area (Å²) >= 11 is 0. The van der Waals surface area contributed by atoms with Crippen molar-refractivity contribution in [2.45, 2.75) is 32.7 Å². The van der Waals surface area contributed by atoms with Crippen molar-refractivity contribution in [3.8, 4) is 0 Å². The number of nitrogens with zero attached hydrogens (tertiary/aromatic N) is 2. The molecule has 0 aliphatic carbocycles. The Labute approximate surface area is 130 Å². The van der Waals surface area contributed by atoms with Crippen molar-refractivity contribution >= 4 is 5.91 Å². The largest absolute Gasteiger partial charge is 0.332 e. The molecule has 0 saturated heterocycles. The van der Waals surface area contributed by atoms with Crippen LogP contribution in [0.2, 0.25) is 0 Å². The molecule has 0 unspecified atom stereocenters. The standard InChI is InChI=1S/C18H21FN2O/c1-3-12-21(17(22)4-2)18(15-6-5-11-20-13-15)14-7-9-16(19)10-8-14/h5-11,13,18H,3-4,12H2,1-2H3/t18-/m1/s1. The second kappa shape index (κ2) is 7.69. The van der Waals surface area contributed by atoms with Crippen molar-refractivity contribution in [1.29, 1.82) is 0 Å². The number of hydrogen-bond acceptors (Lipinski definition) is 2. The van der Waals surface area contributed by atoms with E-state index in [0.29, 0.717) is 13.0 Å². The van der Waals surface area contributed by atoms with E-state index in [1.807, 2.05) is 30.9 Å². The van der Waals surface area contributed by atoms with Crippen molar-refractivity contribution in [3.05, 3.63) is 65.7 Å². The van der Waals surface area contributed by atoms with Crippen LogP contribution < -0.4 is 0 Å². The maximum Gasteiger partial charge on any atom is 0.223 e.